The van der Waals surface area contributed by atoms with E-state index in [0.717, 1.165) is 18.7 Å². The van der Waals surface area contributed by atoms with Gasteiger partial charge in [0.05, 0.1) is 0 Å². The van der Waals surface area contributed by atoms with Crippen molar-refractivity contribution in [2.75, 3.05) is 11.6 Å². The highest BCUT2D eigenvalue weighted by Crippen LogP contribution is 2.29. The number of rotatable bonds is 4. The predicted molar refractivity (Wildman–Crippen MR) is 114 cm³/mol. The third-order valence-corrected chi connectivity index (χ3v) is 5.07. The van der Waals surface area contributed by atoms with E-state index in [1.165, 1.54) is 33.5 Å². The van der Waals surface area contributed by atoms with E-state index < -0.39 is 0 Å². The van der Waals surface area contributed by atoms with E-state index in [1.807, 2.05) is 0 Å². The van der Waals surface area contributed by atoms with E-state index in [1.54, 1.807) is 0 Å². The highest BCUT2D eigenvalue weighted by Gasteiger charge is 2.17. The standard InChI is InChI=1S/C25H25NO/c1-3-20-5-7-21(8-6-20)9-10-22-11-13-24(14-12-22)26-17-23-16-19(2)4-15-25(23)27-18-26/h4-16H,3,17-18H2,1-2H3/b10-9+. The van der Waals surface area contributed by atoms with Crippen LogP contribution in [0.2, 0.25) is 0 Å². The summed E-state index contributed by atoms with van der Waals surface area (Å²) in [6, 6.07) is 23.8. The van der Waals surface area contributed by atoms with Gasteiger partial charge in [-0.05, 0) is 48.2 Å². The van der Waals surface area contributed by atoms with Gasteiger partial charge in [-0.15, -0.1) is 0 Å². The topological polar surface area (TPSA) is 12.5 Å². The Hall–Kier alpha value is -3.00. The zero-order valence-corrected chi connectivity index (χ0v) is 16.0. The minimum absolute atomic E-state index is 0.592. The first-order valence-corrected chi connectivity index (χ1v) is 9.55. The van der Waals surface area contributed by atoms with E-state index in [9.17, 15) is 0 Å². The lowest BCUT2D eigenvalue weighted by Crippen LogP contribution is -2.31. The Labute approximate surface area is 161 Å². The van der Waals surface area contributed by atoms with Crippen molar-refractivity contribution in [3.05, 3.63) is 94.5 Å². The fourth-order valence-corrected chi connectivity index (χ4v) is 3.39. The molecule has 0 radical (unpaired) electrons. The number of anilines is 1. The summed E-state index contributed by atoms with van der Waals surface area (Å²) in [5.41, 5.74) is 7.51. The third kappa shape index (κ3) is 4.06. The van der Waals surface area contributed by atoms with Crippen LogP contribution in [0.15, 0.2) is 66.7 Å². The monoisotopic (exact) mass is 355 g/mol. The summed E-state index contributed by atoms with van der Waals surface area (Å²) in [5, 5.41) is 0. The predicted octanol–water partition coefficient (Wildman–Crippen LogP) is 6.08. The molecule has 1 aliphatic rings. The van der Waals surface area contributed by atoms with E-state index in [4.69, 9.17) is 4.74 Å². The van der Waals surface area contributed by atoms with E-state index in [0.29, 0.717) is 6.73 Å². The molecule has 0 aromatic heterocycles. The maximum Gasteiger partial charge on any atom is 0.161 e. The minimum Gasteiger partial charge on any atom is -0.473 e. The highest BCUT2D eigenvalue weighted by molar-refractivity contribution is 5.70. The van der Waals surface area contributed by atoms with Crippen LogP contribution in [0, 0.1) is 6.92 Å². The highest BCUT2D eigenvalue weighted by atomic mass is 16.5. The van der Waals surface area contributed by atoms with Gasteiger partial charge in [-0.1, -0.05) is 73.2 Å². The second-order valence-electron chi connectivity index (χ2n) is 7.10. The minimum atomic E-state index is 0.592. The van der Waals surface area contributed by atoms with Crippen LogP contribution in [0.25, 0.3) is 12.2 Å². The lowest BCUT2D eigenvalue weighted by Gasteiger charge is -2.31. The lowest BCUT2D eigenvalue weighted by atomic mass is 10.1. The van der Waals surface area contributed by atoms with Crippen LogP contribution in [-0.2, 0) is 13.0 Å². The van der Waals surface area contributed by atoms with Crippen molar-refractivity contribution in [3.63, 3.8) is 0 Å². The van der Waals surface area contributed by atoms with E-state index in [2.05, 4.69) is 97.6 Å². The molecule has 0 N–H and O–H groups in total. The first-order chi connectivity index (χ1) is 13.2. The number of benzene rings is 3. The van der Waals surface area contributed by atoms with Crippen LogP contribution in [0.3, 0.4) is 0 Å². The first-order valence-electron chi connectivity index (χ1n) is 9.55. The summed E-state index contributed by atoms with van der Waals surface area (Å²) >= 11 is 0. The van der Waals surface area contributed by atoms with Gasteiger partial charge < -0.3 is 9.64 Å². The van der Waals surface area contributed by atoms with Crippen LogP contribution in [0.1, 0.15) is 34.7 Å². The molecule has 0 bridgehead atoms. The van der Waals surface area contributed by atoms with Gasteiger partial charge in [-0.25, -0.2) is 0 Å². The Morgan fingerprint density at radius 3 is 2.22 bits per heavy atom. The summed E-state index contributed by atoms with van der Waals surface area (Å²) in [6.07, 6.45) is 5.41. The van der Waals surface area contributed by atoms with Gasteiger partial charge in [0.25, 0.3) is 0 Å². The Balaban J connectivity index is 1.45. The fourth-order valence-electron chi connectivity index (χ4n) is 3.39. The molecule has 1 aliphatic heterocycles. The number of ether oxygens (including phenoxy) is 1. The SMILES string of the molecule is CCc1ccc(/C=C/c2ccc(N3COc4ccc(C)cc4C3)cc2)cc1. The van der Waals surface area contributed by atoms with Crippen molar-refractivity contribution >= 4 is 17.8 Å². The summed E-state index contributed by atoms with van der Waals surface area (Å²) in [7, 11) is 0. The average Bonchev–Trinajstić information content (AvgIpc) is 2.72. The molecule has 2 heteroatoms. The van der Waals surface area contributed by atoms with Gasteiger partial charge in [0, 0.05) is 17.8 Å². The van der Waals surface area contributed by atoms with Crippen LogP contribution in [0.5, 0.6) is 5.75 Å². The van der Waals surface area contributed by atoms with Crippen LogP contribution >= 0.6 is 0 Å². The molecule has 27 heavy (non-hydrogen) atoms. The molecule has 0 spiro atoms. The molecular weight excluding hydrogens is 330 g/mol. The van der Waals surface area contributed by atoms with Crippen LogP contribution < -0.4 is 9.64 Å². The normalized spacial score (nSPS) is 13.5. The second-order valence-corrected chi connectivity index (χ2v) is 7.10. The second kappa shape index (κ2) is 7.71. The first kappa shape index (κ1) is 17.4. The van der Waals surface area contributed by atoms with Crippen molar-refractivity contribution in [1.82, 2.24) is 0 Å². The van der Waals surface area contributed by atoms with Crippen molar-refractivity contribution in [1.29, 1.82) is 0 Å². The summed E-state index contributed by atoms with van der Waals surface area (Å²) in [4.78, 5) is 2.26. The van der Waals surface area contributed by atoms with Gasteiger partial charge >= 0.3 is 0 Å². The van der Waals surface area contributed by atoms with Crippen molar-refractivity contribution in [2.45, 2.75) is 26.8 Å². The molecule has 136 valence electrons. The van der Waals surface area contributed by atoms with Gasteiger partial charge in [0.2, 0.25) is 0 Å². The molecule has 0 saturated carbocycles. The molecule has 0 unspecified atom stereocenters. The van der Waals surface area contributed by atoms with Gasteiger partial charge in [0.15, 0.2) is 6.73 Å². The Kier molecular flexibility index (Phi) is 4.97. The number of fused-ring (bicyclic) bond motifs is 1. The van der Waals surface area contributed by atoms with Gasteiger partial charge in [-0.3, -0.25) is 0 Å². The van der Waals surface area contributed by atoms with Crippen molar-refractivity contribution in [3.8, 4) is 5.75 Å². The summed E-state index contributed by atoms with van der Waals surface area (Å²) < 4.78 is 5.91. The number of nitrogens with zero attached hydrogens (tertiary/aromatic N) is 1. The molecule has 4 rings (SSSR count). The van der Waals surface area contributed by atoms with Gasteiger partial charge in [-0.2, -0.15) is 0 Å². The van der Waals surface area contributed by atoms with Crippen LogP contribution in [-0.4, -0.2) is 6.73 Å². The maximum atomic E-state index is 5.91. The molecular formula is C25H25NO. The quantitative estimate of drug-likeness (QED) is 0.526. The molecule has 3 aromatic carbocycles. The summed E-state index contributed by atoms with van der Waals surface area (Å²) in [5.74, 6) is 1.01. The number of hydrogen-bond acceptors (Lipinski definition) is 2. The lowest BCUT2D eigenvalue weighted by molar-refractivity contribution is 0.289. The average molecular weight is 355 g/mol. The number of aryl methyl sites for hydroxylation is 2. The molecule has 0 fully saturated rings. The Bertz CT molecular complexity index is 939. The smallest absolute Gasteiger partial charge is 0.161 e. The van der Waals surface area contributed by atoms with E-state index >= 15 is 0 Å². The maximum absolute atomic E-state index is 5.91. The fraction of sp³-hybridized carbons (Fsp3) is 0.200. The molecule has 0 amide bonds. The summed E-state index contributed by atoms with van der Waals surface area (Å²) in [6.45, 7) is 5.78. The Morgan fingerprint density at radius 1 is 0.889 bits per heavy atom. The van der Waals surface area contributed by atoms with Crippen LogP contribution in [0.4, 0.5) is 5.69 Å². The Morgan fingerprint density at radius 2 is 1.56 bits per heavy atom. The zero-order valence-electron chi connectivity index (χ0n) is 16.0. The van der Waals surface area contributed by atoms with Crippen molar-refractivity contribution in [2.24, 2.45) is 0 Å². The van der Waals surface area contributed by atoms with E-state index in [-0.39, 0.29) is 0 Å². The molecule has 1 heterocycles. The zero-order chi connectivity index (χ0) is 18.6. The molecule has 0 aliphatic carbocycles. The molecule has 3 aromatic rings. The number of hydrogen-bond donors (Lipinski definition) is 0. The molecule has 0 atom stereocenters. The largest absolute Gasteiger partial charge is 0.473 e. The molecule has 2 nitrogen and oxygen atoms in total. The molecule has 0 saturated heterocycles. The van der Waals surface area contributed by atoms with Crippen molar-refractivity contribution < 1.29 is 4.74 Å². The third-order valence-electron chi connectivity index (χ3n) is 5.07. The van der Waals surface area contributed by atoms with Gasteiger partial charge in [0.1, 0.15) is 5.75 Å².